The van der Waals surface area contributed by atoms with E-state index < -0.39 is 8.32 Å². The molecule has 1 fully saturated rings. The van der Waals surface area contributed by atoms with E-state index in [1.807, 2.05) is 0 Å². The van der Waals surface area contributed by atoms with Crippen LogP contribution in [0.15, 0.2) is 30.3 Å². The average molecular weight is 425 g/mol. The van der Waals surface area contributed by atoms with Crippen molar-refractivity contribution in [1.29, 1.82) is 0 Å². The van der Waals surface area contributed by atoms with E-state index in [0.29, 0.717) is 18.7 Å². The quantitative estimate of drug-likeness (QED) is 0.482. The summed E-state index contributed by atoms with van der Waals surface area (Å²) in [6, 6.07) is 10.6. The number of nitrogens with zero attached hydrogens (tertiary/aromatic N) is 1. The van der Waals surface area contributed by atoms with Crippen LogP contribution in [0, 0.1) is 0 Å². The molecular formula is C22H37ClN2O2Si. The first-order valence-corrected chi connectivity index (χ1v) is 13.9. The Morgan fingerprint density at radius 1 is 1.29 bits per heavy atom. The SMILES string of the molecule is CC(C)(C)[Si](C)(C)OC1CN(Cc2ccccc2)CCC1NC(=O)CCCCl. The Morgan fingerprint density at radius 3 is 2.57 bits per heavy atom. The molecule has 0 spiro atoms. The minimum atomic E-state index is -1.93. The molecule has 6 heteroatoms. The van der Waals surface area contributed by atoms with Gasteiger partial charge in [0.25, 0.3) is 0 Å². The molecule has 1 aliphatic rings. The number of hydrogen-bond acceptors (Lipinski definition) is 3. The van der Waals surface area contributed by atoms with E-state index in [9.17, 15) is 4.79 Å². The molecule has 1 saturated heterocycles. The van der Waals surface area contributed by atoms with Gasteiger partial charge in [-0.25, -0.2) is 0 Å². The van der Waals surface area contributed by atoms with Crippen molar-refractivity contribution < 1.29 is 9.22 Å². The zero-order valence-electron chi connectivity index (χ0n) is 18.1. The van der Waals surface area contributed by atoms with Gasteiger partial charge in [0.1, 0.15) is 0 Å². The van der Waals surface area contributed by atoms with E-state index in [1.54, 1.807) is 0 Å². The molecule has 0 aromatic heterocycles. The van der Waals surface area contributed by atoms with Crippen molar-refractivity contribution in [1.82, 2.24) is 10.2 Å². The molecule has 2 atom stereocenters. The number of halogens is 1. The Bertz CT molecular complexity index is 619. The third kappa shape index (κ3) is 6.87. The van der Waals surface area contributed by atoms with Crippen LogP contribution >= 0.6 is 11.6 Å². The minimum absolute atomic E-state index is 0.0262. The predicted molar refractivity (Wildman–Crippen MR) is 120 cm³/mol. The third-order valence-electron chi connectivity index (χ3n) is 6.03. The number of benzene rings is 1. The number of likely N-dealkylation sites (tertiary alicyclic amines) is 1. The topological polar surface area (TPSA) is 41.6 Å². The van der Waals surface area contributed by atoms with Crippen LogP contribution in [-0.4, -0.2) is 50.2 Å². The third-order valence-corrected chi connectivity index (χ3v) is 10.8. The number of rotatable bonds is 8. The first kappa shape index (κ1) is 23.4. The van der Waals surface area contributed by atoms with Crippen LogP contribution in [0.5, 0.6) is 0 Å². The molecule has 2 rings (SSSR count). The van der Waals surface area contributed by atoms with E-state index in [1.165, 1.54) is 5.56 Å². The predicted octanol–water partition coefficient (Wildman–Crippen LogP) is 4.79. The molecule has 4 nitrogen and oxygen atoms in total. The second kappa shape index (κ2) is 10.2. The summed E-state index contributed by atoms with van der Waals surface area (Å²) >= 11 is 5.74. The number of nitrogens with one attached hydrogen (secondary N) is 1. The van der Waals surface area contributed by atoms with Gasteiger partial charge in [0.05, 0.1) is 12.1 Å². The Morgan fingerprint density at radius 2 is 1.96 bits per heavy atom. The summed E-state index contributed by atoms with van der Waals surface area (Å²) < 4.78 is 6.79. The van der Waals surface area contributed by atoms with Gasteiger partial charge < -0.3 is 9.74 Å². The van der Waals surface area contributed by atoms with Crippen LogP contribution in [0.4, 0.5) is 0 Å². The number of piperidine rings is 1. The van der Waals surface area contributed by atoms with Gasteiger partial charge in [-0.1, -0.05) is 51.1 Å². The fourth-order valence-electron chi connectivity index (χ4n) is 3.31. The lowest BCUT2D eigenvalue weighted by Crippen LogP contribution is -2.58. The highest BCUT2D eigenvalue weighted by atomic mass is 35.5. The average Bonchev–Trinajstić information content (AvgIpc) is 2.62. The second-order valence-electron chi connectivity index (χ2n) is 9.39. The van der Waals surface area contributed by atoms with E-state index in [2.05, 4.69) is 74.4 Å². The van der Waals surface area contributed by atoms with Gasteiger partial charge in [0.2, 0.25) is 5.91 Å². The van der Waals surface area contributed by atoms with Crippen molar-refractivity contribution in [3.05, 3.63) is 35.9 Å². The lowest BCUT2D eigenvalue weighted by molar-refractivity contribution is -0.123. The smallest absolute Gasteiger partial charge is 0.220 e. The molecule has 1 heterocycles. The zero-order valence-corrected chi connectivity index (χ0v) is 19.9. The summed E-state index contributed by atoms with van der Waals surface area (Å²) in [5, 5.41) is 3.38. The molecular weight excluding hydrogens is 388 g/mol. The monoisotopic (exact) mass is 424 g/mol. The Kier molecular flexibility index (Phi) is 8.55. The van der Waals surface area contributed by atoms with Crippen LogP contribution in [0.25, 0.3) is 0 Å². The summed E-state index contributed by atoms with van der Waals surface area (Å²) in [7, 11) is -1.93. The van der Waals surface area contributed by atoms with Crippen molar-refractivity contribution in [2.24, 2.45) is 0 Å². The molecule has 158 valence electrons. The summed E-state index contributed by atoms with van der Waals surface area (Å²) in [4.78, 5) is 14.8. The van der Waals surface area contributed by atoms with Crippen molar-refractivity contribution in [3.8, 4) is 0 Å². The lowest BCUT2D eigenvalue weighted by atomic mass is 10.0. The second-order valence-corrected chi connectivity index (χ2v) is 14.5. The van der Waals surface area contributed by atoms with Gasteiger partial charge in [-0.3, -0.25) is 9.69 Å². The van der Waals surface area contributed by atoms with Crippen LogP contribution in [0.3, 0.4) is 0 Å². The van der Waals surface area contributed by atoms with E-state index in [4.69, 9.17) is 16.0 Å². The fraction of sp³-hybridized carbons (Fsp3) is 0.682. The van der Waals surface area contributed by atoms with Crippen molar-refractivity contribution in [2.45, 2.75) is 76.9 Å². The maximum atomic E-state index is 12.3. The van der Waals surface area contributed by atoms with Gasteiger partial charge in [-0.15, -0.1) is 11.6 Å². The summed E-state index contributed by atoms with van der Waals surface area (Å²) in [5.74, 6) is 0.610. The highest BCUT2D eigenvalue weighted by molar-refractivity contribution is 6.74. The van der Waals surface area contributed by atoms with Crippen LogP contribution in [0.1, 0.15) is 45.6 Å². The number of amides is 1. The van der Waals surface area contributed by atoms with Crippen molar-refractivity contribution in [3.63, 3.8) is 0 Å². The molecule has 0 saturated carbocycles. The van der Waals surface area contributed by atoms with Gasteiger partial charge >= 0.3 is 0 Å². The lowest BCUT2D eigenvalue weighted by Gasteiger charge is -2.45. The van der Waals surface area contributed by atoms with Crippen LogP contribution in [-0.2, 0) is 15.8 Å². The molecule has 1 aromatic rings. The summed E-state index contributed by atoms with van der Waals surface area (Å²) in [6.07, 6.45) is 2.14. The summed E-state index contributed by atoms with van der Waals surface area (Å²) in [5.41, 5.74) is 1.32. The van der Waals surface area contributed by atoms with E-state index in [-0.39, 0.29) is 23.1 Å². The van der Waals surface area contributed by atoms with Gasteiger partial charge in [-0.05, 0) is 36.5 Å². The first-order valence-electron chi connectivity index (χ1n) is 10.4. The Balaban J connectivity index is 2.08. The molecule has 1 aliphatic heterocycles. The molecule has 1 N–H and O–H groups in total. The first-order chi connectivity index (χ1) is 13.1. The molecule has 1 amide bonds. The highest BCUT2D eigenvalue weighted by Crippen LogP contribution is 2.38. The molecule has 0 aliphatic carbocycles. The van der Waals surface area contributed by atoms with Crippen LogP contribution in [0.2, 0.25) is 18.1 Å². The van der Waals surface area contributed by atoms with Gasteiger partial charge in [0, 0.05) is 31.9 Å². The number of carbonyl (C=O) groups is 1. The zero-order chi connectivity index (χ0) is 20.8. The Hall–Kier alpha value is -0.883. The molecule has 0 radical (unpaired) electrons. The molecule has 2 unspecified atom stereocenters. The highest BCUT2D eigenvalue weighted by Gasteiger charge is 2.42. The molecule has 1 aromatic carbocycles. The fourth-order valence-corrected chi connectivity index (χ4v) is 4.79. The maximum absolute atomic E-state index is 12.3. The minimum Gasteiger partial charge on any atom is -0.411 e. The summed E-state index contributed by atoms with van der Waals surface area (Å²) in [6.45, 7) is 14.1. The van der Waals surface area contributed by atoms with Gasteiger partial charge in [-0.2, -0.15) is 0 Å². The van der Waals surface area contributed by atoms with Gasteiger partial charge in [0.15, 0.2) is 8.32 Å². The number of hydrogen-bond donors (Lipinski definition) is 1. The van der Waals surface area contributed by atoms with Crippen LogP contribution < -0.4 is 5.32 Å². The normalized spacial score (nSPS) is 21.5. The largest absolute Gasteiger partial charge is 0.411 e. The Labute approximate surface area is 177 Å². The number of carbonyl (C=O) groups excluding carboxylic acids is 1. The van der Waals surface area contributed by atoms with E-state index >= 15 is 0 Å². The number of alkyl halides is 1. The molecule has 0 bridgehead atoms. The van der Waals surface area contributed by atoms with Crippen molar-refractivity contribution in [2.75, 3.05) is 19.0 Å². The van der Waals surface area contributed by atoms with Crippen molar-refractivity contribution >= 4 is 25.8 Å². The van der Waals surface area contributed by atoms with E-state index in [0.717, 1.165) is 26.1 Å². The molecule has 28 heavy (non-hydrogen) atoms. The standard InChI is InChI=1S/C22H37ClN2O2Si/c1-22(2,3)28(4,5)27-20-17-25(16-18-10-7-6-8-11-18)15-13-19(20)24-21(26)12-9-14-23/h6-8,10-11,19-20H,9,12-17H2,1-5H3,(H,24,26). The maximum Gasteiger partial charge on any atom is 0.220 e.